The summed E-state index contributed by atoms with van der Waals surface area (Å²) in [5.74, 6) is 0.335. The second-order valence-electron chi connectivity index (χ2n) is 10.2. The average Bonchev–Trinajstić information content (AvgIpc) is 3.66. The van der Waals surface area contributed by atoms with Crippen LogP contribution in [0, 0.1) is 0 Å². The van der Waals surface area contributed by atoms with E-state index in [1.807, 2.05) is 42.7 Å². The minimum atomic E-state index is -0.173. The summed E-state index contributed by atoms with van der Waals surface area (Å²) in [7, 11) is 2.16. The molecule has 2 aliphatic rings. The van der Waals surface area contributed by atoms with Gasteiger partial charge in [-0.25, -0.2) is 4.98 Å². The van der Waals surface area contributed by atoms with Gasteiger partial charge in [-0.3, -0.25) is 9.89 Å². The first-order chi connectivity index (χ1) is 17.6. The van der Waals surface area contributed by atoms with Crippen molar-refractivity contribution in [1.29, 1.82) is 0 Å². The van der Waals surface area contributed by atoms with Crippen LogP contribution in [0.2, 0.25) is 0 Å². The molecule has 8 nitrogen and oxygen atoms in total. The van der Waals surface area contributed by atoms with Gasteiger partial charge in [0.1, 0.15) is 0 Å². The fraction of sp³-hybridized carbons (Fsp3) is 0.393. The largest absolute Gasteiger partial charge is 0.382 e. The SMILES string of the molecule is CN1CCC(Nc2ccc(C(=O)Nc3cc(-c4ccc5ncn(C6CCCC6)c5c4)[nH]n3)cc2)CC1. The van der Waals surface area contributed by atoms with E-state index in [2.05, 4.69) is 54.5 Å². The Bertz CT molecular complexity index is 1340. The summed E-state index contributed by atoms with van der Waals surface area (Å²) >= 11 is 0. The van der Waals surface area contributed by atoms with E-state index in [0.29, 0.717) is 23.5 Å². The van der Waals surface area contributed by atoms with Crippen molar-refractivity contribution < 1.29 is 4.79 Å². The maximum atomic E-state index is 12.8. The first-order valence-corrected chi connectivity index (χ1v) is 13.0. The molecule has 2 fully saturated rings. The number of aromatic nitrogens is 4. The molecule has 8 heteroatoms. The fourth-order valence-corrected chi connectivity index (χ4v) is 5.50. The Morgan fingerprint density at radius 2 is 1.78 bits per heavy atom. The van der Waals surface area contributed by atoms with Crippen molar-refractivity contribution in [2.45, 2.75) is 50.6 Å². The molecular formula is C28H33N7O. The zero-order valence-electron chi connectivity index (χ0n) is 20.7. The predicted octanol–water partition coefficient (Wildman–Crippen LogP) is 5.30. The van der Waals surface area contributed by atoms with E-state index in [-0.39, 0.29) is 5.91 Å². The molecule has 6 rings (SSSR count). The Morgan fingerprint density at radius 3 is 2.56 bits per heavy atom. The number of aromatic amines is 1. The van der Waals surface area contributed by atoms with Gasteiger partial charge in [-0.15, -0.1) is 0 Å². The van der Waals surface area contributed by atoms with Gasteiger partial charge in [-0.1, -0.05) is 18.9 Å². The van der Waals surface area contributed by atoms with E-state index in [9.17, 15) is 4.79 Å². The van der Waals surface area contributed by atoms with Crippen LogP contribution < -0.4 is 10.6 Å². The Morgan fingerprint density at radius 1 is 1.00 bits per heavy atom. The second kappa shape index (κ2) is 9.78. The molecule has 4 aromatic rings. The number of nitrogens with one attached hydrogen (secondary N) is 3. The summed E-state index contributed by atoms with van der Waals surface area (Å²) < 4.78 is 2.32. The molecule has 1 saturated heterocycles. The van der Waals surface area contributed by atoms with Crippen molar-refractivity contribution in [3.8, 4) is 11.3 Å². The Hall–Kier alpha value is -3.65. The second-order valence-corrected chi connectivity index (χ2v) is 10.2. The number of nitrogens with zero attached hydrogens (tertiary/aromatic N) is 4. The number of anilines is 2. The first-order valence-electron chi connectivity index (χ1n) is 13.0. The van der Waals surface area contributed by atoms with Crippen LogP contribution in [-0.4, -0.2) is 56.7 Å². The molecule has 2 aromatic carbocycles. The summed E-state index contributed by atoms with van der Waals surface area (Å²) in [6, 6.07) is 16.8. The molecule has 2 aromatic heterocycles. The number of fused-ring (bicyclic) bond motifs is 1. The Balaban J connectivity index is 1.12. The zero-order chi connectivity index (χ0) is 24.5. The van der Waals surface area contributed by atoms with E-state index >= 15 is 0 Å². The van der Waals surface area contributed by atoms with Crippen molar-refractivity contribution in [2.75, 3.05) is 30.8 Å². The first kappa shape index (κ1) is 22.8. The van der Waals surface area contributed by atoms with Gasteiger partial charge >= 0.3 is 0 Å². The van der Waals surface area contributed by atoms with E-state index in [1.54, 1.807) is 0 Å². The average molecular weight is 484 g/mol. The van der Waals surface area contributed by atoms with E-state index in [0.717, 1.165) is 53.9 Å². The maximum Gasteiger partial charge on any atom is 0.256 e. The number of likely N-dealkylation sites (tertiary alicyclic amines) is 1. The topological polar surface area (TPSA) is 90.9 Å². The van der Waals surface area contributed by atoms with Crippen LogP contribution in [0.1, 0.15) is 54.9 Å². The van der Waals surface area contributed by atoms with Crippen molar-refractivity contribution in [3.63, 3.8) is 0 Å². The Labute approximate surface area is 211 Å². The van der Waals surface area contributed by atoms with Crippen molar-refractivity contribution in [3.05, 3.63) is 60.4 Å². The molecule has 0 radical (unpaired) electrons. The van der Waals surface area contributed by atoms with Gasteiger partial charge < -0.3 is 20.1 Å². The number of benzene rings is 2. The quantitative estimate of drug-likeness (QED) is 0.346. The molecule has 3 heterocycles. The molecule has 1 amide bonds. The zero-order valence-corrected chi connectivity index (χ0v) is 20.7. The lowest BCUT2D eigenvalue weighted by molar-refractivity contribution is 0.102. The number of carbonyl (C=O) groups excluding carboxylic acids is 1. The molecular weight excluding hydrogens is 450 g/mol. The third-order valence-electron chi connectivity index (χ3n) is 7.66. The third-order valence-corrected chi connectivity index (χ3v) is 7.66. The lowest BCUT2D eigenvalue weighted by Gasteiger charge is -2.30. The highest BCUT2D eigenvalue weighted by molar-refractivity contribution is 6.04. The number of amides is 1. The number of hydrogen-bond acceptors (Lipinski definition) is 5. The molecule has 0 spiro atoms. The Kier molecular flexibility index (Phi) is 6.19. The summed E-state index contributed by atoms with van der Waals surface area (Å²) in [4.78, 5) is 19.8. The van der Waals surface area contributed by atoms with Crippen molar-refractivity contribution >= 4 is 28.4 Å². The van der Waals surface area contributed by atoms with Gasteiger partial charge in [0, 0.05) is 35.0 Å². The number of piperidine rings is 1. The fourth-order valence-electron chi connectivity index (χ4n) is 5.50. The number of hydrogen-bond donors (Lipinski definition) is 3. The van der Waals surface area contributed by atoms with Crippen LogP contribution >= 0.6 is 0 Å². The lowest BCUT2D eigenvalue weighted by atomic mass is 10.0. The van der Waals surface area contributed by atoms with E-state index in [4.69, 9.17) is 0 Å². The van der Waals surface area contributed by atoms with Crippen molar-refractivity contribution in [1.82, 2.24) is 24.6 Å². The highest BCUT2D eigenvalue weighted by Crippen LogP contribution is 2.33. The van der Waals surface area contributed by atoms with Crippen LogP contribution in [0.25, 0.3) is 22.3 Å². The van der Waals surface area contributed by atoms with E-state index in [1.165, 1.54) is 25.7 Å². The predicted molar refractivity (Wildman–Crippen MR) is 143 cm³/mol. The number of H-pyrrole nitrogens is 1. The smallest absolute Gasteiger partial charge is 0.256 e. The van der Waals surface area contributed by atoms with Gasteiger partial charge in [0.2, 0.25) is 0 Å². The van der Waals surface area contributed by atoms with Gasteiger partial charge in [0.25, 0.3) is 5.91 Å². The number of carbonyl (C=O) groups is 1. The van der Waals surface area contributed by atoms with Gasteiger partial charge in [-0.2, -0.15) is 5.10 Å². The van der Waals surface area contributed by atoms with E-state index < -0.39 is 0 Å². The molecule has 1 saturated carbocycles. The highest BCUT2D eigenvalue weighted by atomic mass is 16.1. The van der Waals surface area contributed by atoms with Crippen LogP contribution in [0.3, 0.4) is 0 Å². The van der Waals surface area contributed by atoms with Crippen LogP contribution in [0.4, 0.5) is 11.5 Å². The summed E-state index contributed by atoms with van der Waals surface area (Å²) in [5, 5.41) is 13.9. The molecule has 3 N–H and O–H groups in total. The minimum Gasteiger partial charge on any atom is -0.382 e. The van der Waals surface area contributed by atoms with Gasteiger partial charge in [0.15, 0.2) is 5.82 Å². The number of imidazole rings is 1. The summed E-state index contributed by atoms with van der Waals surface area (Å²) in [6.07, 6.45) is 9.23. The van der Waals surface area contributed by atoms with Gasteiger partial charge in [-0.05, 0) is 82.2 Å². The lowest BCUT2D eigenvalue weighted by Crippen LogP contribution is -2.36. The molecule has 186 valence electrons. The third kappa shape index (κ3) is 4.73. The normalized spacial score (nSPS) is 17.6. The maximum absolute atomic E-state index is 12.8. The highest BCUT2D eigenvalue weighted by Gasteiger charge is 2.20. The van der Waals surface area contributed by atoms with Crippen LogP contribution in [-0.2, 0) is 0 Å². The van der Waals surface area contributed by atoms with Crippen LogP contribution in [0.5, 0.6) is 0 Å². The molecule has 1 aliphatic heterocycles. The van der Waals surface area contributed by atoms with Crippen LogP contribution in [0.15, 0.2) is 54.9 Å². The monoisotopic (exact) mass is 483 g/mol. The molecule has 1 aliphatic carbocycles. The van der Waals surface area contributed by atoms with Gasteiger partial charge in [0.05, 0.1) is 23.1 Å². The standard InChI is InChI=1S/C28H33N7O/c1-34-14-12-22(13-15-34)30-21-9-6-19(7-10-21)28(36)31-27-17-25(32-33-27)20-8-11-24-26(16-20)35(18-29-24)23-4-2-3-5-23/h6-11,16-18,22-23,30H,2-5,12-15H2,1H3,(H2,31,32,33,36). The molecule has 0 atom stereocenters. The molecule has 0 bridgehead atoms. The summed E-state index contributed by atoms with van der Waals surface area (Å²) in [6.45, 7) is 2.23. The minimum absolute atomic E-state index is 0.173. The van der Waals surface area contributed by atoms with Crippen molar-refractivity contribution in [2.24, 2.45) is 0 Å². The number of rotatable bonds is 6. The molecule has 36 heavy (non-hydrogen) atoms. The summed E-state index contributed by atoms with van der Waals surface area (Å²) in [5.41, 5.74) is 5.70. The molecule has 0 unspecified atom stereocenters.